The molecule has 2 aromatic rings. The smallest absolute Gasteiger partial charge is 0.412 e. The molecule has 0 N–H and O–H groups in total. The highest BCUT2D eigenvalue weighted by atomic mass is 19.1. The number of carbonyl (C=O) groups is 2. The van der Waals surface area contributed by atoms with Gasteiger partial charge >= 0.3 is 6.09 Å². The fourth-order valence-corrected chi connectivity index (χ4v) is 3.29. The Morgan fingerprint density at radius 3 is 2.59 bits per heavy atom. The maximum atomic E-state index is 13.3. The number of nitrogens with zero attached hydrogens (tertiary/aromatic N) is 4. The van der Waals surface area contributed by atoms with Gasteiger partial charge in [0.2, 0.25) is 6.23 Å². The molecule has 3 heterocycles. The number of anilines is 1. The lowest BCUT2D eigenvalue weighted by atomic mass is 10.1. The van der Waals surface area contributed by atoms with E-state index in [-0.39, 0.29) is 11.7 Å². The number of pyridine rings is 1. The molecule has 0 unspecified atom stereocenters. The van der Waals surface area contributed by atoms with Crippen molar-refractivity contribution in [2.45, 2.75) is 6.23 Å². The van der Waals surface area contributed by atoms with Crippen LogP contribution in [-0.2, 0) is 4.74 Å². The number of fused-ring (bicyclic) bond motifs is 1. The van der Waals surface area contributed by atoms with Crippen LogP contribution in [0.4, 0.5) is 15.0 Å². The molecule has 0 aliphatic carbocycles. The second kappa shape index (κ2) is 6.96. The van der Waals surface area contributed by atoms with Gasteiger partial charge in [0, 0.05) is 37.3 Å². The summed E-state index contributed by atoms with van der Waals surface area (Å²) in [6.45, 7) is 2.65. The Morgan fingerprint density at radius 1 is 1.15 bits per heavy atom. The molecular formula is C19H19FN4O3. The van der Waals surface area contributed by atoms with E-state index in [1.54, 1.807) is 29.2 Å². The predicted molar refractivity (Wildman–Crippen MR) is 95.7 cm³/mol. The number of likely N-dealkylation sites (N-methyl/N-ethyl adjacent to an activating group) is 1. The minimum absolute atomic E-state index is 0.230. The Bertz CT molecular complexity index is 866. The SMILES string of the molecule is CN1CCN(C(=O)O[C@H]2c3ccccc3C(=O)N2c2ccc(F)cn2)CC1. The standard InChI is InChI=1S/C19H19FN4O3/c1-22-8-10-23(11-9-22)19(26)27-18-15-5-3-2-4-14(15)17(25)24(18)16-7-6-13(20)12-21-16/h2-7,12,18H,8-11H2,1H3/t18-/m0/s1. The number of hydrogen-bond donors (Lipinski definition) is 0. The zero-order chi connectivity index (χ0) is 19.0. The Morgan fingerprint density at radius 2 is 1.89 bits per heavy atom. The fraction of sp³-hybridized carbons (Fsp3) is 0.316. The molecule has 0 bridgehead atoms. The molecule has 0 spiro atoms. The summed E-state index contributed by atoms with van der Waals surface area (Å²) in [5.74, 6) is -0.608. The summed E-state index contributed by atoms with van der Waals surface area (Å²) in [5, 5.41) is 0. The van der Waals surface area contributed by atoms with E-state index in [0.717, 1.165) is 19.3 Å². The summed E-state index contributed by atoms with van der Waals surface area (Å²) in [6.07, 6.45) is -0.381. The third-order valence-corrected chi connectivity index (χ3v) is 4.84. The molecule has 0 saturated carbocycles. The van der Waals surface area contributed by atoms with Gasteiger partial charge in [-0.2, -0.15) is 0 Å². The summed E-state index contributed by atoms with van der Waals surface area (Å²) < 4.78 is 19.0. The molecule has 1 aromatic heterocycles. The fourth-order valence-electron chi connectivity index (χ4n) is 3.29. The number of piperazine rings is 1. The second-order valence-electron chi connectivity index (χ2n) is 6.62. The zero-order valence-electron chi connectivity index (χ0n) is 14.8. The number of hydrogen-bond acceptors (Lipinski definition) is 5. The van der Waals surface area contributed by atoms with Crippen LogP contribution in [0.1, 0.15) is 22.1 Å². The van der Waals surface area contributed by atoms with Crippen LogP contribution < -0.4 is 4.90 Å². The van der Waals surface area contributed by atoms with Crippen LogP contribution in [-0.4, -0.2) is 60.0 Å². The third-order valence-electron chi connectivity index (χ3n) is 4.84. The molecule has 1 fully saturated rings. The summed E-state index contributed by atoms with van der Waals surface area (Å²) in [6, 6.07) is 9.58. The van der Waals surface area contributed by atoms with Crippen molar-refractivity contribution in [3.05, 3.63) is 59.5 Å². The van der Waals surface area contributed by atoms with E-state index < -0.39 is 18.1 Å². The van der Waals surface area contributed by atoms with Crippen molar-refractivity contribution in [2.24, 2.45) is 0 Å². The highest BCUT2D eigenvalue weighted by Crippen LogP contribution is 2.37. The van der Waals surface area contributed by atoms with Gasteiger partial charge < -0.3 is 14.5 Å². The summed E-state index contributed by atoms with van der Waals surface area (Å²) in [7, 11) is 2.00. The van der Waals surface area contributed by atoms with E-state index in [9.17, 15) is 14.0 Å². The van der Waals surface area contributed by atoms with Crippen molar-refractivity contribution in [3.8, 4) is 0 Å². The predicted octanol–water partition coefficient (Wildman–Crippen LogP) is 2.26. The molecule has 140 valence electrons. The van der Waals surface area contributed by atoms with Crippen LogP contribution >= 0.6 is 0 Å². The van der Waals surface area contributed by atoms with E-state index in [1.165, 1.54) is 17.0 Å². The number of carbonyl (C=O) groups excluding carboxylic acids is 2. The normalized spacial score (nSPS) is 19.9. The van der Waals surface area contributed by atoms with Crippen molar-refractivity contribution < 1.29 is 18.7 Å². The number of rotatable bonds is 2. The quantitative estimate of drug-likeness (QED) is 0.811. The largest absolute Gasteiger partial charge is 0.420 e. The summed E-state index contributed by atoms with van der Waals surface area (Å²) in [5.41, 5.74) is 1.04. The molecule has 27 heavy (non-hydrogen) atoms. The average Bonchev–Trinajstić information content (AvgIpc) is 2.95. The molecule has 1 atom stereocenters. The van der Waals surface area contributed by atoms with Crippen molar-refractivity contribution in [3.63, 3.8) is 0 Å². The lowest BCUT2D eigenvalue weighted by Crippen LogP contribution is -2.48. The van der Waals surface area contributed by atoms with Crippen LogP contribution in [0.15, 0.2) is 42.6 Å². The maximum Gasteiger partial charge on any atom is 0.412 e. The van der Waals surface area contributed by atoms with Crippen molar-refractivity contribution in [1.29, 1.82) is 0 Å². The minimum atomic E-state index is -0.932. The van der Waals surface area contributed by atoms with Crippen molar-refractivity contribution in [2.75, 3.05) is 38.1 Å². The van der Waals surface area contributed by atoms with E-state index in [0.29, 0.717) is 24.2 Å². The first-order chi connectivity index (χ1) is 13.0. The van der Waals surface area contributed by atoms with Crippen molar-refractivity contribution >= 4 is 17.8 Å². The van der Waals surface area contributed by atoms with Gasteiger partial charge in [0.15, 0.2) is 0 Å². The van der Waals surface area contributed by atoms with Crippen LogP contribution in [0.3, 0.4) is 0 Å². The molecule has 0 radical (unpaired) electrons. The van der Waals surface area contributed by atoms with Crippen LogP contribution in [0, 0.1) is 5.82 Å². The van der Waals surface area contributed by atoms with Crippen LogP contribution in [0.2, 0.25) is 0 Å². The highest BCUT2D eigenvalue weighted by molar-refractivity contribution is 6.10. The van der Waals surface area contributed by atoms with Gasteiger partial charge in [-0.15, -0.1) is 0 Å². The Labute approximate surface area is 155 Å². The Kier molecular flexibility index (Phi) is 4.49. The molecule has 8 heteroatoms. The van der Waals surface area contributed by atoms with E-state index in [1.807, 2.05) is 7.05 Å². The van der Waals surface area contributed by atoms with Gasteiger partial charge in [0.25, 0.3) is 5.91 Å². The van der Waals surface area contributed by atoms with Crippen LogP contribution in [0.5, 0.6) is 0 Å². The van der Waals surface area contributed by atoms with E-state index >= 15 is 0 Å². The molecule has 1 aromatic carbocycles. The van der Waals surface area contributed by atoms with Gasteiger partial charge in [-0.3, -0.25) is 9.69 Å². The number of aromatic nitrogens is 1. The number of benzene rings is 1. The molecule has 2 aliphatic heterocycles. The Hall–Kier alpha value is -3.00. The monoisotopic (exact) mass is 370 g/mol. The van der Waals surface area contributed by atoms with E-state index in [2.05, 4.69) is 9.88 Å². The zero-order valence-corrected chi connectivity index (χ0v) is 14.8. The second-order valence-corrected chi connectivity index (χ2v) is 6.62. The van der Waals surface area contributed by atoms with E-state index in [4.69, 9.17) is 4.74 Å². The topological polar surface area (TPSA) is 66.0 Å². The number of amides is 2. The molecular weight excluding hydrogens is 351 g/mol. The lowest BCUT2D eigenvalue weighted by molar-refractivity contribution is 0.0488. The van der Waals surface area contributed by atoms with Gasteiger partial charge in [-0.25, -0.2) is 14.2 Å². The van der Waals surface area contributed by atoms with Crippen LogP contribution in [0.25, 0.3) is 0 Å². The first-order valence-electron chi connectivity index (χ1n) is 8.73. The number of halogens is 1. The average molecular weight is 370 g/mol. The first-order valence-corrected chi connectivity index (χ1v) is 8.73. The van der Waals surface area contributed by atoms with Gasteiger partial charge in [-0.05, 0) is 25.2 Å². The summed E-state index contributed by atoms with van der Waals surface area (Å²) >= 11 is 0. The molecule has 4 rings (SSSR count). The molecule has 2 aliphatic rings. The first kappa shape index (κ1) is 17.4. The molecule has 7 nitrogen and oxygen atoms in total. The van der Waals surface area contributed by atoms with Gasteiger partial charge in [0.1, 0.15) is 11.6 Å². The highest BCUT2D eigenvalue weighted by Gasteiger charge is 2.41. The Balaban J connectivity index is 1.63. The summed E-state index contributed by atoms with van der Waals surface area (Å²) in [4.78, 5) is 34.6. The molecule has 1 saturated heterocycles. The third kappa shape index (κ3) is 3.23. The molecule has 2 amide bonds. The minimum Gasteiger partial charge on any atom is -0.420 e. The maximum absolute atomic E-state index is 13.3. The lowest BCUT2D eigenvalue weighted by Gasteiger charge is -2.33. The van der Waals surface area contributed by atoms with Crippen molar-refractivity contribution in [1.82, 2.24) is 14.8 Å². The van der Waals surface area contributed by atoms with Gasteiger partial charge in [0.05, 0.1) is 6.20 Å². The number of ether oxygens (including phenoxy) is 1. The van der Waals surface area contributed by atoms with Gasteiger partial charge in [-0.1, -0.05) is 18.2 Å².